The number of nitriles is 1. The highest BCUT2D eigenvalue weighted by molar-refractivity contribution is 6.08. The number of nitrogens with one attached hydrogen (secondary N) is 2. The van der Waals surface area contributed by atoms with Crippen LogP contribution in [0.4, 0.5) is 16.2 Å². The first-order valence-corrected chi connectivity index (χ1v) is 10.4. The Morgan fingerprint density at radius 1 is 1.29 bits per heavy atom. The van der Waals surface area contributed by atoms with Gasteiger partial charge >= 0.3 is 6.09 Å². The Bertz CT molecular complexity index is 911. The summed E-state index contributed by atoms with van der Waals surface area (Å²) in [4.78, 5) is 40.5. The summed E-state index contributed by atoms with van der Waals surface area (Å²) in [6, 6.07) is 5.07. The molecule has 31 heavy (non-hydrogen) atoms. The third kappa shape index (κ3) is 5.14. The molecule has 166 valence electrons. The van der Waals surface area contributed by atoms with Gasteiger partial charge in [0, 0.05) is 19.1 Å². The number of nitrogens with zero attached hydrogens (tertiary/aromatic N) is 2. The SMILES string of the molecule is C[C@H]1[C@H](NC(=O)OC(C)(C)C)C(=O)Nc2ccc(C#N)cc2N1C(=O)C1CCOCC1. The number of hydrogen-bond donors (Lipinski definition) is 2. The van der Waals surface area contributed by atoms with Crippen molar-refractivity contribution < 1.29 is 23.9 Å². The van der Waals surface area contributed by atoms with Crippen molar-refractivity contribution >= 4 is 29.3 Å². The Hall–Kier alpha value is -3.12. The molecule has 9 heteroatoms. The van der Waals surface area contributed by atoms with Crippen molar-refractivity contribution in [3.8, 4) is 6.07 Å². The molecule has 1 aromatic rings. The maximum Gasteiger partial charge on any atom is 0.408 e. The molecule has 0 saturated carbocycles. The Labute approximate surface area is 181 Å². The second kappa shape index (κ2) is 8.94. The number of fused-ring (bicyclic) bond motifs is 1. The Balaban J connectivity index is 1.99. The van der Waals surface area contributed by atoms with Gasteiger partial charge in [-0.15, -0.1) is 0 Å². The molecule has 3 amide bonds. The highest BCUT2D eigenvalue weighted by Crippen LogP contribution is 2.35. The summed E-state index contributed by atoms with van der Waals surface area (Å²) < 4.78 is 10.7. The standard InChI is InChI=1S/C22H28N4O5/c1-13-18(25-21(29)31-22(2,3)4)19(27)24-16-6-5-14(12-23)11-17(16)26(13)20(28)15-7-9-30-10-8-15/h5-6,11,13,15,18H,7-10H2,1-4H3,(H,24,27)(H,25,29)/t13-,18-/m0/s1. The molecule has 2 aliphatic rings. The first-order chi connectivity index (χ1) is 14.6. The number of carbonyl (C=O) groups excluding carboxylic acids is 3. The number of alkyl carbamates (subject to hydrolysis) is 1. The van der Waals surface area contributed by atoms with E-state index in [0.717, 1.165) is 0 Å². The van der Waals surface area contributed by atoms with Crippen LogP contribution in [0.25, 0.3) is 0 Å². The zero-order chi connectivity index (χ0) is 22.8. The average molecular weight is 428 g/mol. The molecule has 1 fully saturated rings. The molecule has 2 heterocycles. The molecule has 1 saturated heterocycles. The van der Waals surface area contributed by atoms with Crippen LogP contribution < -0.4 is 15.5 Å². The summed E-state index contributed by atoms with van der Waals surface area (Å²) in [5, 5.41) is 14.7. The first kappa shape index (κ1) is 22.6. The van der Waals surface area contributed by atoms with Gasteiger partial charge in [-0.05, 0) is 58.7 Å². The fourth-order valence-electron chi connectivity index (χ4n) is 3.79. The van der Waals surface area contributed by atoms with Gasteiger partial charge in [-0.25, -0.2) is 4.79 Å². The van der Waals surface area contributed by atoms with Gasteiger partial charge < -0.3 is 25.0 Å². The van der Waals surface area contributed by atoms with E-state index < -0.39 is 29.7 Å². The van der Waals surface area contributed by atoms with E-state index in [-0.39, 0.29) is 11.8 Å². The Kier molecular flexibility index (Phi) is 6.51. The Morgan fingerprint density at radius 3 is 2.58 bits per heavy atom. The average Bonchev–Trinajstić information content (AvgIpc) is 2.81. The topological polar surface area (TPSA) is 121 Å². The van der Waals surface area contributed by atoms with Gasteiger partial charge in [0.05, 0.1) is 29.0 Å². The van der Waals surface area contributed by atoms with Crippen molar-refractivity contribution in [1.29, 1.82) is 5.26 Å². The van der Waals surface area contributed by atoms with Crippen LogP contribution in [-0.2, 0) is 19.1 Å². The fraction of sp³-hybridized carbons (Fsp3) is 0.545. The van der Waals surface area contributed by atoms with Gasteiger partial charge in [-0.2, -0.15) is 5.26 Å². The van der Waals surface area contributed by atoms with Crippen LogP contribution >= 0.6 is 0 Å². The lowest BCUT2D eigenvalue weighted by molar-refractivity contribution is -0.126. The number of hydrogen-bond acceptors (Lipinski definition) is 6. The quantitative estimate of drug-likeness (QED) is 0.747. The van der Waals surface area contributed by atoms with Crippen LogP contribution in [0.15, 0.2) is 18.2 Å². The van der Waals surface area contributed by atoms with E-state index >= 15 is 0 Å². The van der Waals surface area contributed by atoms with E-state index in [1.165, 1.54) is 4.90 Å². The maximum atomic E-state index is 13.5. The molecule has 3 rings (SSSR count). The molecule has 0 aliphatic carbocycles. The largest absolute Gasteiger partial charge is 0.444 e. The van der Waals surface area contributed by atoms with Crippen molar-refractivity contribution in [3.63, 3.8) is 0 Å². The van der Waals surface area contributed by atoms with E-state index in [1.54, 1.807) is 45.9 Å². The van der Waals surface area contributed by atoms with E-state index in [4.69, 9.17) is 9.47 Å². The highest BCUT2D eigenvalue weighted by atomic mass is 16.6. The van der Waals surface area contributed by atoms with Gasteiger partial charge in [-0.3, -0.25) is 9.59 Å². The molecule has 1 aromatic carbocycles. The third-order valence-corrected chi connectivity index (χ3v) is 5.30. The van der Waals surface area contributed by atoms with Crippen molar-refractivity contribution in [3.05, 3.63) is 23.8 Å². The zero-order valence-electron chi connectivity index (χ0n) is 18.2. The predicted molar refractivity (Wildman–Crippen MR) is 113 cm³/mol. The lowest BCUT2D eigenvalue weighted by Gasteiger charge is -2.35. The number of benzene rings is 1. The minimum Gasteiger partial charge on any atom is -0.444 e. The molecular weight excluding hydrogens is 400 g/mol. The minimum absolute atomic E-state index is 0.167. The second-order valence-electron chi connectivity index (χ2n) is 8.79. The summed E-state index contributed by atoms with van der Waals surface area (Å²) in [6.07, 6.45) is 0.392. The summed E-state index contributed by atoms with van der Waals surface area (Å²) in [7, 11) is 0. The number of amides is 3. The lowest BCUT2D eigenvalue weighted by Crippen LogP contribution is -2.57. The van der Waals surface area contributed by atoms with E-state index in [2.05, 4.69) is 16.7 Å². The van der Waals surface area contributed by atoms with Crippen LogP contribution in [0.3, 0.4) is 0 Å². The van der Waals surface area contributed by atoms with Crippen LogP contribution in [0.2, 0.25) is 0 Å². The summed E-state index contributed by atoms with van der Waals surface area (Å²) in [5.41, 5.74) is 0.467. The molecule has 0 aromatic heterocycles. The number of carbonyl (C=O) groups is 3. The molecule has 2 N–H and O–H groups in total. The van der Waals surface area contributed by atoms with Crippen LogP contribution in [0, 0.1) is 17.2 Å². The molecule has 0 radical (unpaired) electrons. The first-order valence-electron chi connectivity index (χ1n) is 10.4. The van der Waals surface area contributed by atoms with E-state index in [1.807, 2.05) is 0 Å². The van der Waals surface area contributed by atoms with Crippen LogP contribution in [0.5, 0.6) is 0 Å². The third-order valence-electron chi connectivity index (χ3n) is 5.30. The fourth-order valence-corrected chi connectivity index (χ4v) is 3.79. The maximum absolute atomic E-state index is 13.5. The van der Waals surface area contributed by atoms with Crippen molar-refractivity contribution in [2.45, 2.75) is 58.2 Å². The van der Waals surface area contributed by atoms with Crippen molar-refractivity contribution in [2.75, 3.05) is 23.4 Å². The number of anilines is 2. The number of ether oxygens (including phenoxy) is 2. The van der Waals surface area contributed by atoms with Gasteiger partial charge in [-0.1, -0.05) is 0 Å². The Morgan fingerprint density at radius 2 is 1.97 bits per heavy atom. The molecule has 2 atom stereocenters. The highest BCUT2D eigenvalue weighted by Gasteiger charge is 2.41. The predicted octanol–water partition coefficient (Wildman–Crippen LogP) is 2.55. The van der Waals surface area contributed by atoms with Crippen molar-refractivity contribution in [1.82, 2.24) is 5.32 Å². The molecule has 0 bridgehead atoms. The van der Waals surface area contributed by atoms with Gasteiger partial charge in [0.25, 0.3) is 0 Å². The molecule has 0 unspecified atom stereocenters. The minimum atomic E-state index is -1.04. The van der Waals surface area contributed by atoms with Gasteiger partial charge in [0.2, 0.25) is 11.8 Å². The van der Waals surface area contributed by atoms with Gasteiger partial charge in [0.1, 0.15) is 11.6 Å². The second-order valence-corrected chi connectivity index (χ2v) is 8.79. The molecular formula is C22H28N4O5. The van der Waals surface area contributed by atoms with Gasteiger partial charge in [0.15, 0.2) is 0 Å². The van der Waals surface area contributed by atoms with Crippen molar-refractivity contribution in [2.24, 2.45) is 5.92 Å². The summed E-state index contributed by atoms with van der Waals surface area (Å²) in [5.74, 6) is -0.906. The smallest absolute Gasteiger partial charge is 0.408 e. The summed E-state index contributed by atoms with van der Waals surface area (Å²) >= 11 is 0. The molecule has 9 nitrogen and oxygen atoms in total. The van der Waals surface area contributed by atoms with E-state index in [9.17, 15) is 19.6 Å². The van der Waals surface area contributed by atoms with Crippen LogP contribution in [-0.4, -0.2) is 48.8 Å². The zero-order valence-corrected chi connectivity index (χ0v) is 18.2. The molecule has 2 aliphatic heterocycles. The van der Waals surface area contributed by atoms with E-state index in [0.29, 0.717) is 43.0 Å². The monoisotopic (exact) mass is 428 g/mol. The van der Waals surface area contributed by atoms with Crippen LogP contribution in [0.1, 0.15) is 46.1 Å². The number of rotatable bonds is 2. The lowest BCUT2D eigenvalue weighted by atomic mass is 9.96. The summed E-state index contributed by atoms with van der Waals surface area (Å²) in [6.45, 7) is 7.85. The normalized spacial score (nSPS) is 21.9. The molecule has 0 spiro atoms.